The average molecular weight is 201 g/mol. The summed E-state index contributed by atoms with van der Waals surface area (Å²) >= 11 is 1.18. The Labute approximate surface area is 80.6 Å². The zero-order chi connectivity index (χ0) is 9.84. The number of rotatable bonds is 3. The molecule has 1 saturated heterocycles. The van der Waals surface area contributed by atoms with Crippen molar-refractivity contribution < 1.29 is 14.7 Å². The molecule has 1 heterocycles. The van der Waals surface area contributed by atoms with Crippen LogP contribution in [0.4, 0.5) is 0 Å². The highest BCUT2D eigenvalue weighted by Crippen LogP contribution is 2.19. The summed E-state index contributed by atoms with van der Waals surface area (Å²) in [5.74, 6) is -0.612. The van der Waals surface area contributed by atoms with Gasteiger partial charge in [0.25, 0.3) is 0 Å². The van der Waals surface area contributed by atoms with E-state index in [4.69, 9.17) is 5.11 Å². The first-order valence-corrected chi connectivity index (χ1v) is 4.93. The molecule has 0 aromatic heterocycles. The van der Waals surface area contributed by atoms with Gasteiger partial charge in [-0.2, -0.15) is 0 Å². The molecule has 0 aromatic carbocycles. The first kappa shape index (κ1) is 10.1. The van der Waals surface area contributed by atoms with Gasteiger partial charge in [0.15, 0.2) is 0 Å². The molecule has 1 unspecified atom stereocenters. The summed E-state index contributed by atoms with van der Waals surface area (Å²) in [6.45, 7) is 4.23. The molecule has 0 aliphatic carbocycles. The SMILES string of the molecule is C=CCN1CC(C(=O)O)SCC1=O. The van der Waals surface area contributed by atoms with Gasteiger partial charge in [0.1, 0.15) is 5.25 Å². The van der Waals surface area contributed by atoms with Crippen LogP contribution in [-0.4, -0.2) is 46.0 Å². The van der Waals surface area contributed by atoms with Gasteiger partial charge in [-0.15, -0.1) is 18.3 Å². The molecule has 1 aliphatic rings. The number of hydrogen-bond acceptors (Lipinski definition) is 3. The van der Waals surface area contributed by atoms with Crippen molar-refractivity contribution in [2.75, 3.05) is 18.8 Å². The molecule has 4 nitrogen and oxygen atoms in total. The Bertz CT molecular complexity index is 242. The van der Waals surface area contributed by atoms with Crippen molar-refractivity contribution in [2.45, 2.75) is 5.25 Å². The first-order chi connectivity index (χ1) is 6.15. The predicted octanol–water partition coefficient (Wildman–Crippen LogP) is 0.201. The minimum Gasteiger partial charge on any atom is -0.480 e. The number of carboxylic acid groups (broad SMARTS) is 1. The fourth-order valence-corrected chi connectivity index (χ4v) is 2.05. The van der Waals surface area contributed by atoms with Gasteiger partial charge >= 0.3 is 5.97 Å². The molecule has 1 aliphatic heterocycles. The smallest absolute Gasteiger partial charge is 0.318 e. The third kappa shape index (κ3) is 2.48. The van der Waals surface area contributed by atoms with Crippen molar-refractivity contribution >= 4 is 23.6 Å². The van der Waals surface area contributed by atoms with Gasteiger partial charge in [-0.3, -0.25) is 9.59 Å². The quantitative estimate of drug-likeness (QED) is 0.663. The maximum Gasteiger partial charge on any atom is 0.318 e. The summed E-state index contributed by atoms with van der Waals surface area (Å²) in [6.07, 6.45) is 1.60. The van der Waals surface area contributed by atoms with Crippen molar-refractivity contribution in [3.05, 3.63) is 12.7 Å². The van der Waals surface area contributed by atoms with Crippen LogP contribution in [0.5, 0.6) is 0 Å². The number of nitrogens with zero attached hydrogens (tertiary/aromatic N) is 1. The van der Waals surface area contributed by atoms with Gasteiger partial charge in [0, 0.05) is 13.1 Å². The van der Waals surface area contributed by atoms with Crippen LogP contribution in [0.3, 0.4) is 0 Å². The number of carboxylic acids is 1. The topological polar surface area (TPSA) is 57.6 Å². The van der Waals surface area contributed by atoms with Crippen molar-refractivity contribution in [3.8, 4) is 0 Å². The minimum atomic E-state index is -0.855. The number of aliphatic carboxylic acids is 1. The normalized spacial score (nSPS) is 22.9. The van der Waals surface area contributed by atoms with E-state index in [-0.39, 0.29) is 18.2 Å². The van der Waals surface area contributed by atoms with E-state index in [2.05, 4.69) is 6.58 Å². The van der Waals surface area contributed by atoms with Crippen LogP contribution in [0.15, 0.2) is 12.7 Å². The maximum atomic E-state index is 11.2. The summed E-state index contributed by atoms with van der Waals surface area (Å²) in [6, 6.07) is 0. The number of carbonyl (C=O) groups is 2. The second-order valence-corrected chi connectivity index (χ2v) is 3.92. The molecule has 0 radical (unpaired) electrons. The Morgan fingerprint density at radius 2 is 2.54 bits per heavy atom. The highest BCUT2D eigenvalue weighted by Gasteiger charge is 2.29. The number of carbonyl (C=O) groups excluding carboxylic acids is 1. The summed E-state index contributed by atoms with van der Waals surface area (Å²) in [5, 5.41) is 8.24. The number of thioether (sulfide) groups is 1. The lowest BCUT2D eigenvalue weighted by Crippen LogP contribution is -2.45. The average Bonchev–Trinajstić information content (AvgIpc) is 2.08. The number of amides is 1. The summed E-state index contributed by atoms with van der Waals surface area (Å²) in [5.41, 5.74) is 0. The van der Waals surface area contributed by atoms with E-state index in [9.17, 15) is 9.59 Å². The van der Waals surface area contributed by atoms with Crippen LogP contribution in [0.25, 0.3) is 0 Å². The predicted molar refractivity (Wildman–Crippen MR) is 50.7 cm³/mol. The molecule has 1 rings (SSSR count). The van der Waals surface area contributed by atoms with Gasteiger partial charge in [-0.25, -0.2) is 0 Å². The van der Waals surface area contributed by atoms with E-state index >= 15 is 0 Å². The lowest BCUT2D eigenvalue weighted by atomic mass is 10.3. The molecule has 1 atom stereocenters. The molecule has 5 heteroatoms. The summed E-state index contributed by atoms with van der Waals surface area (Å²) < 4.78 is 0. The molecule has 1 amide bonds. The van der Waals surface area contributed by atoms with Gasteiger partial charge in [-0.1, -0.05) is 6.08 Å². The molecule has 0 saturated carbocycles. The van der Waals surface area contributed by atoms with Crippen molar-refractivity contribution in [3.63, 3.8) is 0 Å². The zero-order valence-electron chi connectivity index (χ0n) is 7.10. The zero-order valence-corrected chi connectivity index (χ0v) is 7.92. The van der Waals surface area contributed by atoms with Gasteiger partial charge in [0.05, 0.1) is 5.75 Å². The monoisotopic (exact) mass is 201 g/mol. The van der Waals surface area contributed by atoms with Crippen LogP contribution < -0.4 is 0 Å². The molecule has 0 spiro atoms. The van der Waals surface area contributed by atoms with Crippen molar-refractivity contribution in [1.82, 2.24) is 4.90 Å². The summed E-state index contributed by atoms with van der Waals surface area (Å²) in [7, 11) is 0. The lowest BCUT2D eigenvalue weighted by molar-refractivity contribution is -0.137. The molecule has 1 N–H and O–H groups in total. The third-order valence-corrected chi connectivity index (χ3v) is 2.94. The summed E-state index contributed by atoms with van der Waals surface area (Å²) in [4.78, 5) is 23.4. The standard InChI is InChI=1S/C8H11NO3S/c1-2-3-9-4-6(8(11)12)13-5-7(9)10/h2,6H,1,3-5H2,(H,11,12). The number of hydrogen-bond donors (Lipinski definition) is 1. The Kier molecular flexibility index (Phi) is 3.36. The Morgan fingerprint density at radius 1 is 1.85 bits per heavy atom. The highest BCUT2D eigenvalue weighted by molar-refractivity contribution is 8.01. The minimum absolute atomic E-state index is 0.0117. The second-order valence-electron chi connectivity index (χ2n) is 2.73. The molecule has 0 aromatic rings. The molecular weight excluding hydrogens is 190 g/mol. The molecule has 13 heavy (non-hydrogen) atoms. The Hall–Kier alpha value is -0.970. The van der Waals surface area contributed by atoms with Gasteiger partial charge < -0.3 is 10.0 Å². The largest absolute Gasteiger partial charge is 0.480 e. The van der Waals surface area contributed by atoms with E-state index in [1.807, 2.05) is 0 Å². The van der Waals surface area contributed by atoms with E-state index in [1.165, 1.54) is 16.7 Å². The van der Waals surface area contributed by atoms with E-state index in [0.29, 0.717) is 6.54 Å². The maximum absolute atomic E-state index is 11.2. The van der Waals surface area contributed by atoms with E-state index < -0.39 is 11.2 Å². The fourth-order valence-electron chi connectivity index (χ4n) is 1.10. The first-order valence-electron chi connectivity index (χ1n) is 3.88. The van der Waals surface area contributed by atoms with Crippen molar-refractivity contribution in [2.24, 2.45) is 0 Å². The van der Waals surface area contributed by atoms with Crippen molar-refractivity contribution in [1.29, 1.82) is 0 Å². The van der Waals surface area contributed by atoms with Crippen LogP contribution in [0.1, 0.15) is 0 Å². The fraction of sp³-hybridized carbons (Fsp3) is 0.500. The lowest BCUT2D eigenvalue weighted by Gasteiger charge is -2.29. The van der Waals surface area contributed by atoms with E-state index in [1.54, 1.807) is 6.08 Å². The molecule has 72 valence electrons. The molecule has 0 bridgehead atoms. The van der Waals surface area contributed by atoms with Gasteiger partial charge in [-0.05, 0) is 0 Å². The van der Waals surface area contributed by atoms with E-state index in [0.717, 1.165) is 0 Å². The molecule has 1 fully saturated rings. The molecular formula is C8H11NO3S. The third-order valence-electron chi connectivity index (χ3n) is 1.77. The second kappa shape index (κ2) is 4.32. The van der Waals surface area contributed by atoms with Crippen LogP contribution in [0, 0.1) is 0 Å². The van der Waals surface area contributed by atoms with Crippen LogP contribution in [0.2, 0.25) is 0 Å². The Morgan fingerprint density at radius 3 is 3.08 bits per heavy atom. The highest BCUT2D eigenvalue weighted by atomic mass is 32.2. The van der Waals surface area contributed by atoms with Crippen LogP contribution in [-0.2, 0) is 9.59 Å². The van der Waals surface area contributed by atoms with Gasteiger partial charge in [0.2, 0.25) is 5.91 Å². The van der Waals surface area contributed by atoms with Crippen LogP contribution >= 0.6 is 11.8 Å². The Balaban J connectivity index is 2.57.